The summed E-state index contributed by atoms with van der Waals surface area (Å²) in [5, 5.41) is 7.61. The third kappa shape index (κ3) is 9.59. The number of nitrogens with one attached hydrogen (secondary N) is 3. The Hall–Kier alpha value is -1.92. The van der Waals surface area contributed by atoms with E-state index in [-0.39, 0.29) is 31.2 Å². The fourth-order valence-corrected chi connectivity index (χ4v) is 1.66. The Morgan fingerprint density at radius 3 is 2.38 bits per heavy atom. The molecular formula is C14H25N3O4. The molecule has 0 heterocycles. The summed E-state index contributed by atoms with van der Waals surface area (Å²) in [5.41, 5.74) is 0. The van der Waals surface area contributed by atoms with E-state index in [1.807, 2.05) is 6.92 Å². The van der Waals surface area contributed by atoms with Gasteiger partial charge in [-0.3, -0.25) is 14.4 Å². The second kappa shape index (κ2) is 11.9. The number of amides is 3. The van der Waals surface area contributed by atoms with Gasteiger partial charge in [0.15, 0.2) is 0 Å². The van der Waals surface area contributed by atoms with Gasteiger partial charge in [0, 0.05) is 19.4 Å². The lowest BCUT2D eigenvalue weighted by Gasteiger charge is -2.17. The largest absolute Gasteiger partial charge is 0.355 e. The Balaban J connectivity index is 4.36. The summed E-state index contributed by atoms with van der Waals surface area (Å²) in [4.78, 5) is 45.3. The molecule has 0 aliphatic heterocycles. The summed E-state index contributed by atoms with van der Waals surface area (Å²) in [6.07, 6.45) is 3.07. The van der Waals surface area contributed by atoms with Crippen LogP contribution in [0.5, 0.6) is 0 Å². The average molecular weight is 299 g/mol. The molecule has 7 nitrogen and oxygen atoms in total. The van der Waals surface area contributed by atoms with Gasteiger partial charge in [0.1, 0.15) is 12.3 Å². The maximum absolute atomic E-state index is 11.9. The highest BCUT2D eigenvalue weighted by Crippen LogP contribution is 1.99. The van der Waals surface area contributed by atoms with Gasteiger partial charge in [0.05, 0.1) is 6.54 Å². The number of aldehydes is 1. The van der Waals surface area contributed by atoms with Crippen molar-refractivity contribution in [1.82, 2.24) is 16.0 Å². The molecule has 0 saturated heterocycles. The summed E-state index contributed by atoms with van der Waals surface area (Å²) in [7, 11) is 0. The van der Waals surface area contributed by atoms with Crippen molar-refractivity contribution in [3.8, 4) is 0 Å². The standard InChI is InChI=1S/C14H25N3O4/c1-3-5-8-12(19)17-11(7-6-9-18)14(21)16-10-13(20)15-4-2/h9,11H,3-8,10H2,1-2H3,(H,15,20)(H,16,21)(H,17,19)/t11-/m0/s1. The molecule has 120 valence electrons. The highest BCUT2D eigenvalue weighted by atomic mass is 16.2. The van der Waals surface area contributed by atoms with Gasteiger partial charge in [-0.15, -0.1) is 0 Å². The zero-order valence-electron chi connectivity index (χ0n) is 12.7. The normalized spacial score (nSPS) is 11.3. The first-order chi connectivity index (χ1) is 10.0. The van der Waals surface area contributed by atoms with E-state index < -0.39 is 11.9 Å². The molecule has 0 aromatic heterocycles. The van der Waals surface area contributed by atoms with Crippen molar-refractivity contribution in [3.63, 3.8) is 0 Å². The smallest absolute Gasteiger partial charge is 0.243 e. The van der Waals surface area contributed by atoms with Gasteiger partial charge in [-0.2, -0.15) is 0 Å². The summed E-state index contributed by atoms with van der Waals surface area (Å²) in [6.45, 7) is 4.09. The molecule has 1 atom stereocenters. The van der Waals surface area contributed by atoms with Crippen molar-refractivity contribution in [1.29, 1.82) is 0 Å². The Morgan fingerprint density at radius 2 is 1.81 bits per heavy atom. The number of hydrogen-bond donors (Lipinski definition) is 3. The van der Waals surface area contributed by atoms with Gasteiger partial charge in [0.2, 0.25) is 17.7 Å². The first-order valence-electron chi connectivity index (χ1n) is 7.32. The maximum atomic E-state index is 11.9. The topological polar surface area (TPSA) is 104 Å². The van der Waals surface area contributed by atoms with Crippen LogP contribution in [-0.2, 0) is 19.2 Å². The molecule has 0 aromatic rings. The van der Waals surface area contributed by atoms with Crippen LogP contribution >= 0.6 is 0 Å². The number of carbonyl (C=O) groups is 4. The van der Waals surface area contributed by atoms with E-state index in [4.69, 9.17) is 0 Å². The average Bonchev–Trinajstić information content (AvgIpc) is 2.47. The van der Waals surface area contributed by atoms with Crippen molar-refractivity contribution < 1.29 is 19.2 Å². The predicted molar refractivity (Wildman–Crippen MR) is 78.4 cm³/mol. The molecule has 3 amide bonds. The molecule has 3 N–H and O–H groups in total. The Kier molecular flexibility index (Phi) is 10.8. The van der Waals surface area contributed by atoms with E-state index >= 15 is 0 Å². The number of rotatable bonds is 11. The SMILES string of the molecule is CCCCC(=O)N[C@@H](CCC=O)C(=O)NCC(=O)NCC. The van der Waals surface area contributed by atoms with Crippen LogP contribution < -0.4 is 16.0 Å². The summed E-state index contributed by atoms with van der Waals surface area (Å²) >= 11 is 0. The number of likely N-dealkylation sites (N-methyl/N-ethyl adjacent to an activating group) is 1. The molecule has 0 rings (SSSR count). The fourth-order valence-electron chi connectivity index (χ4n) is 1.66. The van der Waals surface area contributed by atoms with E-state index in [1.165, 1.54) is 0 Å². The minimum atomic E-state index is -0.783. The van der Waals surface area contributed by atoms with Crippen LogP contribution in [-0.4, -0.2) is 43.1 Å². The lowest BCUT2D eigenvalue weighted by Crippen LogP contribution is -2.49. The lowest BCUT2D eigenvalue weighted by molar-refractivity contribution is -0.130. The third-order valence-electron chi connectivity index (χ3n) is 2.78. The van der Waals surface area contributed by atoms with Crippen LogP contribution in [0.15, 0.2) is 0 Å². The van der Waals surface area contributed by atoms with Crippen LogP contribution in [0.25, 0.3) is 0 Å². The molecule has 7 heteroatoms. The Bertz CT molecular complexity index is 358. The maximum Gasteiger partial charge on any atom is 0.243 e. The van der Waals surface area contributed by atoms with Gasteiger partial charge in [-0.05, 0) is 19.8 Å². The second-order valence-electron chi connectivity index (χ2n) is 4.64. The van der Waals surface area contributed by atoms with Crippen molar-refractivity contribution in [2.45, 2.75) is 52.0 Å². The van der Waals surface area contributed by atoms with Crippen LogP contribution in [0.3, 0.4) is 0 Å². The molecule has 0 aliphatic rings. The highest BCUT2D eigenvalue weighted by Gasteiger charge is 2.20. The zero-order valence-corrected chi connectivity index (χ0v) is 12.7. The minimum Gasteiger partial charge on any atom is -0.355 e. The second-order valence-corrected chi connectivity index (χ2v) is 4.64. The van der Waals surface area contributed by atoms with Crippen molar-refractivity contribution in [3.05, 3.63) is 0 Å². The molecule has 21 heavy (non-hydrogen) atoms. The lowest BCUT2D eigenvalue weighted by atomic mass is 10.1. The molecule has 0 aliphatic carbocycles. The Labute approximate surface area is 125 Å². The van der Waals surface area contributed by atoms with E-state index in [1.54, 1.807) is 6.92 Å². The minimum absolute atomic E-state index is 0.144. The number of hydrogen-bond acceptors (Lipinski definition) is 4. The zero-order chi connectivity index (χ0) is 16.1. The van der Waals surface area contributed by atoms with Crippen LogP contribution in [0.1, 0.15) is 46.0 Å². The highest BCUT2D eigenvalue weighted by molar-refractivity contribution is 5.90. The molecule has 0 spiro atoms. The fraction of sp³-hybridized carbons (Fsp3) is 0.714. The van der Waals surface area contributed by atoms with Crippen LogP contribution in [0.2, 0.25) is 0 Å². The Morgan fingerprint density at radius 1 is 1.10 bits per heavy atom. The van der Waals surface area contributed by atoms with Gasteiger partial charge >= 0.3 is 0 Å². The van der Waals surface area contributed by atoms with E-state index in [0.717, 1.165) is 12.8 Å². The quantitative estimate of drug-likeness (QED) is 0.463. The van der Waals surface area contributed by atoms with Gasteiger partial charge in [-0.1, -0.05) is 13.3 Å². The first-order valence-corrected chi connectivity index (χ1v) is 7.32. The van der Waals surface area contributed by atoms with Crippen molar-refractivity contribution in [2.75, 3.05) is 13.1 Å². The first kappa shape index (κ1) is 19.1. The summed E-state index contributed by atoms with van der Waals surface area (Å²) < 4.78 is 0. The molecule has 0 unspecified atom stereocenters. The molecular weight excluding hydrogens is 274 g/mol. The van der Waals surface area contributed by atoms with Crippen molar-refractivity contribution in [2.24, 2.45) is 0 Å². The third-order valence-corrected chi connectivity index (χ3v) is 2.78. The van der Waals surface area contributed by atoms with Crippen LogP contribution in [0, 0.1) is 0 Å². The summed E-state index contributed by atoms with van der Waals surface area (Å²) in [6, 6.07) is -0.783. The molecule has 0 bridgehead atoms. The predicted octanol–water partition coefficient (Wildman–Crippen LogP) is -0.107. The molecule has 0 aromatic carbocycles. The molecule has 0 fully saturated rings. The van der Waals surface area contributed by atoms with Gasteiger partial charge < -0.3 is 20.7 Å². The van der Waals surface area contributed by atoms with Gasteiger partial charge in [0.25, 0.3) is 0 Å². The molecule has 0 saturated carbocycles. The van der Waals surface area contributed by atoms with E-state index in [2.05, 4.69) is 16.0 Å². The van der Waals surface area contributed by atoms with Crippen LogP contribution in [0.4, 0.5) is 0 Å². The van der Waals surface area contributed by atoms with Gasteiger partial charge in [-0.25, -0.2) is 0 Å². The number of carbonyl (C=O) groups excluding carboxylic acids is 4. The van der Waals surface area contributed by atoms with E-state index in [9.17, 15) is 19.2 Å². The monoisotopic (exact) mass is 299 g/mol. The van der Waals surface area contributed by atoms with E-state index in [0.29, 0.717) is 19.3 Å². The number of unbranched alkanes of at least 4 members (excludes halogenated alkanes) is 1. The summed E-state index contributed by atoms with van der Waals surface area (Å²) in [5.74, 6) is -0.967. The van der Waals surface area contributed by atoms with Crippen molar-refractivity contribution >= 4 is 24.0 Å². The molecule has 0 radical (unpaired) electrons.